The summed E-state index contributed by atoms with van der Waals surface area (Å²) in [6, 6.07) is 8.77. The molecule has 1 fully saturated rings. The van der Waals surface area contributed by atoms with Crippen molar-refractivity contribution in [3.05, 3.63) is 57.0 Å². The quantitative estimate of drug-likeness (QED) is 0.758. The Labute approximate surface area is 164 Å². The van der Waals surface area contributed by atoms with E-state index in [0.29, 0.717) is 37.4 Å². The van der Waals surface area contributed by atoms with E-state index in [1.165, 1.54) is 8.99 Å². The van der Waals surface area contributed by atoms with Crippen LogP contribution >= 0.6 is 0 Å². The van der Waals surface area contributed by atoms with Crippen LogP contribution in [0.25, 0.3) is 0 Å². The fourth-order valence-electron chi connectivity index (χ4n) is 3.16. The molecule has 0 aliphatic carbocycles. The van der Waals surface area contributed by atoms with Gasteiger partial charge < -0.3 is 0 Å². The normalized spacial score (nSPS) is 16.1. The van der Waals surface area contributed by atoms with Gasteiger partial charge in [-0.25, -0.2) is 13.1 Å². The maximum atomic E-state index is 12.8. The standard InChI is InChI=1S/C19H23N5O3S/c1-14-4-6-17(7-5-14)28(26,27)23-10-8-22(9-11-23)13-24-19(25)18(12-20)15(2)16(3)21-24/h4-7H,8-11,13H2,1-3H3. The second kappa shape index (κ2) is 7.83. The molecule has 28 heavy (non-hydrogen) atoms. The zero-order valence-electron chi connectivity index (χ0n) is 16.2. The van der Waals surface area contributed by atoms with E-state index >= 15 is 0 Å². The van der Waals surface area contributed by atoms with Crippen LogP contribution in [0.1, 0.15) is 22.4 Å². The van der Waals surface area contributed by atoms with E-state index in [1.54, 1.807) is 38.1 Å². The summed E-state index contributed by atoms with van der Waals surface area (Å²) in [5.74, 6) is 0. The summed E-state index contributed by atoms with van der Waals surface area (Å²) in [7, 11) is -3.53. The molecule has 1 aliphatic rings. The van der Waals surface area contributed by atoms with Crippen LogP contribution in [0.15, 0.2) is 34.0 Å². The molecule has 9 heteroatoms. The first-order valence-corrected chi connectivity index (χ1v) is 10.5. The Morgan fingerprint density at radius 1 is 1.07 bits per heavy atom. The van der Waals surface area contributed by atoms with Gasteiger partial charge in [0, 0.05) is 26.2 Å². The van der Waals surface area contributed by atoms with Gasteiger partial charge >= 0.3 is 0 Å². The molecular formula is C19H23N5O3S. The molecule has 1 saturated heterocycles. The monoisotopic (exact) mass is 401 g/mol. The predicted octanol–water partition coefficient (Wildman–Crippen LogP) is 1.00. The number of piperazine rings is 1. The molecule has 0 radical (unpaired) electrons. The Kier molecular flexibility index (Phi) is 5.65. The Morgan fingerprint density at radius 2 is 1.68 bits per heavy atom. The molecule has 2 aromatic rings. The predicted molar refractivity (Wildman–Crippen MR) is 104 cm³/mol. The largest absolute Gasteiger partial charge is 0.286 e. The third-order valence-electron chi connectivity index (χ3n) is 5.07. The van der Waals surface area contributed by atoms with Crippen molar-refractivity contribution in [3.8, 4) is 6.07 Å². The summed E-state index contributed by atoms with van der Waals surface area (Å²) in [6.45, 7) is 7.24. The van der Waals surface area contributed by atoms with Gasteiger partial charge in [0.1, 0.15) is 11.6 Å². The highest BCUT2D eigenvalue weighted by molar-refractivity contribution is 7.89. The topological polar surface area (TPSA) is 99.3 Å². The van der Waals surface area contributed by atoms with E-state index in [1.807, 2.05) is 17.9 Å². The Bertz CT molecular complexity index is 1080. The molecule has 1 aromatic carbocycles. The highest BCUT2D eigenvalue weighted by Gasteiger charge is 2.28. The Morgan fingerprint density at radius 3 is 2.25 bits per heavy atom. The summed E-state index contributed by atoms with van der Waals surface area (Å²) < 4.78 is 28.3. The molecule has 0 N–H and O–H groups in total. The first kappa shape index (κ1) is 20.2. The number of benzene rings is 1. The molecule has 148 valence electrons. The van der Waals surface area contributed by atoms with Crippen molar-refractivity contribution in [2.45, 2.75) is 32.3 Å². The van der Waals surface area contributed by atoms with Crippen molar-refractivity contribution in [1.82, 2.24) is 19.0 Å². The van der Waals surface area contributed by atoms with Crippen LogP contribution in [0.5, 0.6) is 0 Å². The van der Waals surface area contributed by atoms with E-state index in [0.717, 1.165) is 5.56 Å². The van der Waals surface area contributed by atoms with Crippen LogP contribution in [0.3, 0.4) is 0 Å². The first-order valence-electron chi connectivity index (χ1n) is 9.01. The van der Waals surface area contributed by atoms with E-state index < -0.39 is 15.6 Å². The lowest BCUT2D eigenvalue weighted by atomic mass is 10.1. The van der Waals surface area contributed by atoms with Gasteiger partial charge in [-0.3, -0.25) is 9.69 Å². The van der Waals surface area contributed by atoms with Crippen LogP contribution in [-0.2, 0) is 16.7 Å². The highest BCUT2D eigenvalue weighted by atomic mass is 32.2. The first-order chi connectivity index (χ1) is 13.2. The lowest BCUT2D eigenvalue weighted by Gasteiger charge is -2.33. The summed E-state index contributed by atoms with van der Waals surface area (Å²) in [5.41, 5.74) is 1.93. The molecule has 1 aromatic heterocycles. The number of rotatable bonds is 4. The van der Waals surface area contributed by atoms with Crippen molar-refractivity contribution in [2.75, 3.05) is 26.2 Å². The number of nitrogens with zero attached hydrogens (tertiary/aromatic N) is 5. The molecule has 0 unspecified atom stereocenters. The summed E-state index contributed by atoms with van der Waals surface area (Å²) in [6.07, 6.45) is 0. The van der Waals surface area contributed by atoms with Gasteiger partial charge in [0.15, 0.2) is 0 Å². The minimum atomic E-state index is -3.53. The van der Waals surface area contributed by atoms with Crippen molar-refractivity contribution < 1.29 is 8.42 Å². The van der Waals surface area contributed by atoms with E-state index in [9.17, 15) is 18.5 Å². The average molecular weight is 401 g/mol. The number of aromatic nitrogens is 2. The van der Waals surface area contributed by atoms with Gasteiger partial charge in [-0.15, -0.1) is 0 Å². The molecule has 2 heterocycles. The van der Waals surface area contributed by atoms with Gasteiger partial charge in [0.25, 0.3) is 5.56 Å². The fraction of sp³-hybridized carbons (Fsp3) is 0.421. The molecule has 1 aliphatic heterocycles. The zero-order valence-corrected chi connectivity index (χ0v) is 17.0. The van der Waals surface area contributed by atoms with Crippen molar-refractivity contribution in [2.24, 2.45) is 0 Å². The maximum absolute atomic E-state index is 12.8. The van der Waals surface area contributed by atoms with Crippen LogP contribution in [0.4, 0.5) is 0 Å². The second-order valence-electron chi connectivity index (χ2n) is 6.98. The van der Waals surface area contributed by atoms with Gasteiger partial charge in [0.2, 0.25) is 10.0 Å². The zero-order chi connectivity index (χ0) is 20.5. The molecule has 8 nitrogen and oxygen atoms in total. The van der Waals surface area contributed by atoms with Crippen LogP contribution in [-0.4, -0.2) is 53.6 Å². The average Bonchev–Trinajstić information content (AvgIpc) is 2.67. The lowest BCUT2D eigenvalue weighted by molar-refractivity contribution is 0.142. The number of sulfonamides is 1. The van der Waals surface area contributed by atoms with Crippen molar-refractivity contribution >= 4 is 10.0 Å². The maximum Gasteiger partial charge on any atom is 0.286 e. The SMILES string of the molecule is Cc1ccc(S(=O)(=O)N2CCN(Cn3nc(C)c(C)c(C#N)c3=O)CC2)cc1. The fourth-order valence-corrected chi connectivity index (χ4v) is 4.58. The number of hydrogen-bond acceptors (Lipinski definition) is 6. The van der Waals surface area contributed by atoms with E-state index in [-0.39, 0.29) is 17.1 Å². The number of aryl methyl sites for hydroxylation is 2. The smallest absolute Gasteiger partial charge is 0.282 e. The van der Waals surface area contributed by atoms with Gasteiger partial charge in [-0.05, 0) is 38.5 Å². The second-order valence-corrected chi connectivity index (χ2v) is 8.92. The third-order valence-corrected chi connectivity index (χ3v) is 6.99. The summed E-state index contributed by atoms with van der Waals surface area (Å²) in [5, 5.41) is 13.5. The molecule has 0 spiro atoms. The highest BCUT2D eigenvalue weighted by Crippen LogP contribution is 2.18. The lowest BCUT2D eigenvalue weighted by Crippen LogP contribution is -2.50. The van der Waals surface area contributed by atoms with Gasteiger partial charge in [0.05, 0.1) is 17.3 Å². The van der Waals surface area contributed by atoms with E-state index in [4.69, 9.17) is 0 Å². The van der Waals surface area contributed by atoms with Gasteiger partial charge in [-0.2, -0.15) is 14.7 Å². The molecular weight excluding hydrogens is 378 g/mol. The van der Waals surface area contributed by atoms with Crippen LogP contribution in [0.2, 0.25) is 0 Å². The molecule has 0 bridgehead atoms. The number of nitriles is 1. The molecule has 0 amide bonds. The van der Waals surface area contributed by atoms with Gasteiger partial charge in [-0.1, -0.05) is 17.7 Å². The van der Waals surface area contributed by atoms with Crippen molar-refractivity contribution in [1.29, 1.82) is 5.26 Å². The molecule has 0 atom stereocenters. The number of hydrogen-bond donors (Lipinski definition) is 0. The molecule has 3 rings (SSSR count). The van der Waals surface area contributed by atoms with Crippen molar-refractivity contribution in [3.63, 3.8) is 0 Å². The minimum Gasteiger partial charge on any atom is -0.282 e. The summed E-state index contributed by atoms with van der Waals surface area (Å²) in [4.78, 5) is 14.7. The third kappa shape index (κ3) is 3.85. The Balaban J connectivity index is 1.71. The van der Waals surface area contributed by atoms with E-state index in [2.05, 4.69) is 5.10 Å². The van der Waals surface area contributed by atoms with Crippen LogP contribution in [0, 0.1) is 32.1 Å². The van der Waals surface area contributed by atoms with Crippen LogP contribution < -0.4 is 5.56 Å². The minimum absolute atomic E-state index is 0.105. The molecule has 0 saturated carbocycles. The summed E-state index contributed by atoms with van der Waals surface area (Å²) >= 11 is 0. The Hall–Kier alpha value is -2.54.